The number of hydrogen-bond acceptors (Lipinski definition) is 5. The first-order chi connectivity index (χ1) is 12.1. The quantitative estimate of drug-likeness (QED) is 0.761. The molecule has 3 rings (SSSR count). The minimum absolute atomic E-state index is 0.0969. The van der Waals surface area contributed by atoms with Crippen LogP contribution in [0.3, 0.4) is 0 Å². The summed E-state index contributed by atoms with van der Waals surface area (Å²) < 4.78 is 5.39. The highest BCUT2D eigenvalue weighted by molar-refractivity contribution is 6.30. The van der Waals surface area contributed by atoms with Crippen molar-refractivity contribution in [2.75, 3.05) is 0 Å². The van der Waals surface area contributed by atoms with E-state index in [1.165, 1.54) is 0 Å². The smallest absolute Gasteiger partial charge is 0.309 e. The van der Waals surface area contributed by atoms with Crippen LogP contribution in [-0.4, -0.2) is 16.1 Å². The topological polar surface area (TPSA) is 91.8 Å². The van der Waals surface area contributed by atoms with Crippen molar-refractivity contribution in [3.05, 3.63) is 82.0 Å². The third-order valence-corrected chi connectivity index (χ3v) is 3.69. The Bertz CT molecular complexity index is 929. The molecule has 25 heavy (non-hydrogen) atoms. The summed E-state index contributed by atoms with van der Waals surface area (Å²) in [4.78, 5) is 12.1. The van der Waals surface area contributed by atoms with Gasteiger partial charge in [0.05, 0.1) is 18.1 Å². The molecule has 1 heterocycles. The third-order valence-electron chi connectivity index (χ3n) is 3.44. The molecule has 124 valence electrons. The number of nitrogens with zero attached hydrogens (tertiary/aromatic N) is 3. The van der Waals surface area contributed by atoms with Crippen LogP contribution in [0.15, 0.2) is 52.9 Å². The maximum absolute atomic E-state index is 12.1. The third kappa shape index (κ3) is 4.43. The molecule has 0 fully saturated rings. The second-order valence-corrected chi connectivity index (χ2v) is 5.74. The number of nitrogens with one attached hydrogen (secondary N) is 1. The zero-order chi connectivity index (χ0) is 17.6. The average molecular weight is 353 g/mol. The maximum atomic E-state index is 12.1. The molecule has 0 aliphatic carbocycles. The van der Waals surface area contributed by atoms with E-state index in [-0.39, 0.29) is 5.89 Å². The van der Waals surface area contributed by atoms with E-state index in [2.05, 4.69) is 21.6 Å². The van der Waals surface area contributed by atoms with Crippen molar-refractivity contribution in [3.8, 4) is 6.07 Å². The first kappa shape index (κ1) is 16.7. The minimum Gasteiger partial charge on any atom is -0.417 e. The molecule has 1 amide bonds. The van der Waals surface area contributed by atoms with Crippen LogP contribution < -0.4 is 5.32 Å². The van der Waals surface area contributed by atoms with Crippen molar-refractivity contribution < 1.29 is 9.21 Å². The molecule has 7 heteroatoms. The van der Waals surface area contributed by atoms with E-state index in [0.29, 0.717) is 29.4 Å². The van der Waals surface area contributed by atoms with Gasteiger partial charge in [-0.05, 0) is 35.4 Å². The molecular formula is C18H13ClN4O2. The number of carbonyl (C=O) groups is 1. The van der Waals surface area contributed by atoms with Gasteiger partial charge in [0.1, 0.15) is 0 Å². The molecule has 0 saturated heterocycles. The lowest BCUT2D eigenvalue weighted by Gasteiger charge is -2.02. The molecule has 0 saturated carbocycles. The van der Waals surface area contributed by atoms with E-state index in [1.807, 2.05) is 18.2 Å². The minimum atomic E-state index is -0.445. The van der Waals surface area contributed by atoms with Crippen molar-refractivity contribution >= 4 is 17.5 Å². The van der Waals surface area contributed by atoms with Crippen molar-refractivity contribution in [1.29, 1.82) is 5.26 Å². The Kier molecular flexibility index (Phi) is 5.07. The highest BCUT2D eigenvalue weighted by Crippen LogP contribution is 2.12. The molecule has 3 aromatic rings. The Morgan fingerprint density at radius 2 is 1.96 bits per heavy atom. The molecule has 1 aromatic heterocycles. The normalized spacial score (nSPS) is 10.2. The fraction of sp³-hybridized carbons (Fsp3) is 0.111. The van der Waals surface area contributed by atoms with Crippen molar-refractivity contribution in [1.82, 2.24) is 15.5 Å². The molecule has 6 nitrogen and oxygen atoms in total. The maximum Gasteiger partial charge on any atom is 0.309 e. The second-order valence-electron chi connectivity index (χ2n) is 5.30. The number of benzene rings is 2. The van der Waals surface area contributed by atoms with E-state index < -0.39 is 5.91 Å². The number of carbonyl (C=O) groups excluding carboxylic acids is 1. The first-order valence-corrected chi connectivity index (χ1v) is 7.86. The van der Waals surface area contributed by atoms with Gasteiger partial charge in [-0.1, -0.05) is 35.9 Å². The van der Waals surface area contributed by atoms with Crippen LogP contribution in [-0.2, 0) is 13.0 Å². The van der Waals surface area contributed by atoms with Crippen molar-refractivity contribution in [3.63, 3.8) is 0 Å². The Labute approximate surface area is 149 Å². The number of hydrogen-bond donors (Lipinski definition) is 1. The van der Waals surface area contributed by atoms with Gasteiger partial charge in [0.2, 0.25) is 5.89 Å². The van der Waals surface area contributed by atoms with Crippen LogP contribution >= 0.6 is 11.6 Å². The molecule has 1 N–H and O–H groups in total. The highest BCUT2D eigenvalue weighted by atomic mass is 35.5. The van der Waals surface area contributed by atoms with Gasteiger partial charge < -0.3 is 9.73 Å². The van der Waals surface area contributed by atoms with E-state index >= 15 is 0 Å². The Balaban J connectivity index is 1.61. The summed E-state index contributed by atoms with van der Waals surface area (Å²) >= 11 is 5.82. The number of halogens is 1. The summed E-state index contributed by atoms with van der Waals surface area (Å²) in [5.74, 6) is -0.230. The van der Waals surface area contributed by atoms with Gasteiger partial charge in [0, 0.05) is 11.6 Å². The predicted molar refractivity (Wildman–Crippen MR) is 90.9 cm³/mol. The first-order valence-electron chi connectivity index (χ1n) is 7.48. The number of amides is 1. The van der Waals surface area contributed by atoms with Gasteiger partial charge in [-0.15, -0.1) is 10.2 Å². The summed E-state index contributed by atoms with van der Waals surface area (Å²) in [6, 6.07) is 16.3. The van der Waals surface area contributed by atoms with E-state index in [0.717, 1.165) is 11.1 Å². The molecule has 0 aliphatic rings. The lowest BCUT2D eigenvalue weighted by Crippen LogP contribution is -2.23. The Morgan fingerprint density at radius 1 is 1.16 bits per heavy atom. The van der Waals surface area contributed by atoms with E-state index in [4.69, 9.17) is 21.3 Å². The molecular weight excluding hydrogens is 340 g/mol. The molecule has 0 bridgehead atoms. The zero-order valence-corrected chi connectivity index (χ0v) is 13.8. The van der Waals surface area contributed by atoms with Gasteiger partial charge >= 0.3 is 11.8 Å². The monoisotopic (exact) mass is 352 g/mol. The van der Waals surface area contributed by atoms with E-state index in [1.54, 1.807) is 30.3 Å². The van der Waals surface area contributed by atoms with Crippen molar-refractivity contribution in [2.45, 2.75) is 13.0 Å². The SMILES string of the molecule is N#Cc1cccc(Cc2nnc(C(=O)NCc3ccc(Cl)cc3)o2)c1. The number of nitriles is 1. The number of rotatable bonds is 5. The standard InChI is InChI=1S/C18H13ClN4O2/c19-15-6-4-12(5-7-15)11-21-17(24)18-23-22-16(25-18)9-13-2-1-3-14(8-13)10-20/h1-8H,9,11H2,(H,21,24). The highest BCUT2D eigenvalue weighted by Gasteiger charge is 2.15. The second kappa shape index (κ2) is 7.60. The van der Waals surface area contributed by atoms with E-state index in [9.17, 15) is 4.79 Å². The van der Waals surface area contributed by atoms with Crippen LogP contribution in [0, 0.1) is 11.3 Å². The molecule has 0 radical (unpaired) electrons. The van der Waals surface area contributed by atoms with Gasteiger partial charge in [0.15, 0.2) is 0 Å². The summed E-state index contributed by atoms with van der Waals surface area (Å²) in [5.41, 5.74) is 2.32. The van der Waals surface area contributed by atoms with Crippen LogP contribution in [0.2, 0.25) is 5.02 Å². The van der Waals surface area contributed by atoms with Crippen LogP contribution in [0.4, 0.5) is 0 Å². The number of aromatic nitrogens is 2. The van der Waals surface area contributed by atoms with Crippen molar-refractivity contribution in [2.24, 2.45) is 0 Å². The molecule has 0 spiro atoms. The molecule has 0 aliphatic heterocycles. The molecule has 0 atom stereocenters. The fourth-order valence-corrected chi connectivity index (χ4v) is 2.33. The summed E-state index contributed by atoms with van der Waals surface area (Å²) in [7, 11) is 0. The van der Waals surface area contributed by atoms with Crippen LogP contribution in [0.25, 0.3) is 0 Å². The predicted octanol–water partition coefficient (Wildman–Crippen LogP) is 3.12. The van der Waals surface area contributed by atoms with Crippen LogP contribution in [0.1, 0.15) is 33.3 Å². The Hall–Kier alpha value is -3.17. The lowest BCUT2D eigenvalue weighted by molar-refractivity contribution is 0.0914. The van der Waals surface area contributed by atoms with Gasteiger partial charge in [-0.3, -0.25) is 4.79 Å². The molecule has 0 unspecified atom stereocenters. The fourth-order valence-electron chi connectivity index (χ4n) is 2.20. The summed E-state index contributed by atoms with van der Waals surface area (Å²) in [6.45, 7) is 0.331. The van der Waals surface area contributed by atoms with Crippen LogP contribution in [0.5, 0.6) is 0 Å². The lowest BCUT2D eigenvalue weighted by atomic mass is 10.1. The van der Waals surface area contributed by atoms with Gasteiger partial charge in [-0.25, -0.2) is 0 Å². The van der Waals surface area contributed by atoms with Gasteiger partial charge in [0.25, 0.3) is 0 Å². The zero-order valence-electron chi connectivity index (χ0n) is 13.1. The summed E-state index contributed by atoms with van der Waals surface area (Å²) in [6.07, 6.45) is 0.354. The molecule has 2 aromatic carbocycles. The van der Waals surface area contributed by atoms with Gasteiger partial charge in [-0.2, -0.15) is 5.26 Å². The summed E-state index contributed by atoms with van der Waals surface area (Å²) in [5, 5.41) is 19.9. The largest absolute Gasteiger partial charge is 0.417 e. The Morgan fingerprint density at radius 3 is 2.72 bits per heavy atom. The average Bonchev–Trinajstić information content (AvgIpc) is 3.09.